The van der Waals surface area contributed by atoms with E-state index in [-0.39, 0.29) is 16.5 Å². The fourth-order valence-corrected chi connectivity index (χ4v) is 1.92. The Kier molecular flexibility index (Phi) is 5.97. The van der Waals surface area contributed by atoms with Crippen molar-refractivity contribution in [3.05, 3.63) is 26.7 Å². The fourth-order valence-electron chi connectivity index (χ4n) is 1.36. The Morgan fingerprint density at radius 2 is 2.32 bits per heavy atom. The van der Waals surface area contributed by atoms with Gasteiger partial charge in [-0.2, -0.15) is 0 Å². The third-order valence-electron chi connectivity index (χ3n) is 2.26. The van der Waals surface area contributed by atoms with E-state index in [0.29, 0.717) is 16.8 Å². The Morgan fingerprint density at radius 3 is 2.84 bits per heavy atom. The molecular weight excluding hydrogens is 334 g/mol. The van der Waals surface area contributed by atoms with Crippen LogP contribution >= 0.6 is 28.1 Å². The lowest BCUT2D eigenvalue weighted by molar-refractivity contribution is -0.384. The molecule has 1 aromatic carbocycles. The molecule has 0 aromatic heterocycles. The van der Waals surface area contributed by atoms with Gasteiger partial charge in [0.2, 0.25) is 0 Å². The highest BCUT2D eigenvalue weighted by Crippen LogP contribution is 2.36. The first kappa shape index (κ1) is 15.6. The molecule has 19 heavy (non-hydrogen) atoms. The lowest BCUT2D eigenvalue weighted by Gasteiger charge is -2.11. The zero-order chi connectivity index (χ0) is 14.4. The van der Waals surface area contributed by atoms with Crippen LogP contribution < -0.4 is 15.8 Å². The highest BCUT2D eigenvalue weighted by Gasteiger charge is 2.18. The summed E-state index contributed by atoms with van der Waals surface area (Å²) in [5.74, 6) is 0.512. The largest absolute Gasteiger partial charge is 0.492 e. The molecule has 0 radical (unpaired) electrons. The first-order chi connectivity index (χ1) is 8.95. The molecular formula is C11H14BrN3O3S. The average molecular weight is 348 g/mol. The molecule has 0 aliphatic rings. The number of ether oxygens (including phenoxy) is 1. The van der Waals surface area contributed by atoms with E-state index in [1.54, 1.807) is 0 Å². The van der Waals surface area contributed by atoms with Gasteiger partial charge in [-0.1, -0.05) is 13.3 Å². The van der Waals surface area contributed by atoms with E-state index < -0.39 is 4.92 Å². The minimum Gasteiger partial charge on any atom is -0.492 e. The smallest absolute Gasteiger partial charge is 0.294 e. The van der Waals surface area contributed by atoms with Crippen molar-refractivity contribution in [2.24, 2.45) is 5.73 Å². The Balaban J connectivity index is 3.06. The maximum atomic E-state index is 10.9. The van der Waals surface area contributed by atoms with Crippen LogP contribution in [-0.2, 0) is 0 Å². The van der Waals surface area contributed by atoms with Crippen LogP contribution in [-0.4, -0.2) is 16.6 Å². The molecule has 0 aliphatic heterocycles. The van der Waals surface area contributed by atoms with Gasteiger partial charge in [-0.3, -0.25) is 10.1 Å². The molecule has 8 heteroatoms. The molecule has 0 bridgehead atoms. The molecule has 0 fully saturated rings. The van der Waals surface area contributed by atoms with Gasteiger partial charge in [0.25, 0.3) is 5.69 Å². The molecule has 0 heterocycles. The number of rotatable bonds is 6. The highest BCUT2D eigenvalue weighted by molar-refractivity contribution is 9.10. The Morgan fingerprint density at radius 1 is 1.63 bits per heavy atom. The van der Waals surface area contributed by atoms with E-state index in [0.717, 1.165) is 12.8 Å². The number of hydrogen-bond acceptors (Lipinski definition) is 4. The number of thiocarbonyl (C=S) groups is 1. The molecule has 0 atom stereocenters. The van der Waals surface area contributed by atoms with Gasteiger partial charge < -0.3 is 15.8 Å². The van der Waals surface area contributed by atoms with Crippen LogP contribution in [0.3, 0.4) is 0 Å². The Labute approximate surface area is 124 Å². The molecule has 0 amide bonds. The summed E-state index contributed by atoms with van der Waals surface area (Å²) < 4.78 is 6.06. The summed E-state index contributed by atoms with van der Waals surface area (Å²) in [5, 5.41) is 13.5. The van der Waals surface area contributed by atoms with E-state index >= 15 is 0 Å². The van der Waals surface area contributed by atoms with Gasteiger partial charge in [0.05, 0.1) is 16.0 Å². The van der Waals surface area contributed by atoms with Crippen LogP contribution in [0.1, 0.15) is 19.8 Å². The first-order valence-corrected chi connectivity index (χ1v) is 6.83. The number of nitrogens with one attached hydrogen (secondary N) is 1. The number of hydrogen-bond donors (Lipinski definition) is 2. The van der Waals surface area contributed by atoms with E-state index in [1.165, 1.54) is 12.1 Å². The lowest BCUT2D eigenvalue weighted by atomic mass is 10.2. The van der Waals surface area contributed by atoms with Crippen LogP contribution in [0.4, 0.5) is 11.4 Å². The van der Waals surface area contributed by atoms with Gasteiger partial charge in [-0.05, 0) is 34.6 Å². The summed E-state index contributed by atoms with van der Waals surface area (Å²) in [4.78, 5) is 10.4. The van der Waals surface area contributed by atoms with E-state index in [1.807, 2.05) is 6.92 Å². The van der Waals surface area contributed by atoms with Crippen LogP contribution in [0.5, 0.6) is 5.75 Å². The molecule has 0 saturated heterocycles. The van der Waals surface area contributed by atoms with Crippen LogP contribution in [0, 0.1) is 10.1 Å². The quantitative estimate of drug-likeness (QED) is 0.355. The molecule has 104 valence electrons. The molecule has 0 spiro atoms. The SMILES string of the molecule is CCCCOc1cc(NC(N)=S)c([N+](=O)[O-])cc1Br. The van der Waals surface area contributed by atoms with Crippen molar-refractivity contribution in [2.45, 2.75) is 19.8 Å². The standard InChI is InChI=1S/C11H14BrN3O3S/c1-2-3-4-18-10-6-8(14-11(13)19)9(15(16)17)5-7(10)12/h5-6H,2-4H2,1H3,(H3,13,14,19). The fraction of sp³-hybridized carbons (Fsp3) is 0.364. The molecule has 0 aliphatic carbocycles. The summed E-state index contributed by atoms with van der Waals surface area (Å²) in [6, 6.07) is 2.87. The maximum absolute atomic E-state index is 10.9. The van der Waals surface area contributed by atoms with Gasteiger partial charge >= 0.3 is 0 Å². The van der Waals surface area contributed by atoms with Crippen molar-refractivity contribution >= 4 is 44.6 Å². The predicted molar refractivity (Wildman–Crippen MR) is 81.6 cm³/mol. The second-order valence-corrected chi connectivity index (χ2v) is 5.04. The van der Waals surface area contributed by atoms with E-state index in [4.69, 9.17) is 22.7 Å². The van der Waals surface area contributed by atoms with Crippen molar-refractivity contribution in [2.75, 3.05) is 11.9 Å². The van der Waals surface area contributed by atoms with Crippen LogP contribution in [0.25, 0.3) is 0 Å². The van der Waals surface area contributed by atoms with Gasteiger partial charge in [-0.25, -0.2) is 0 Å². The minimum atomic E-state index is -0.513. The number of anilines is 1. The first-order valence-electron chi connectivity index (χ1n) is 5.63. The normalized spacial score (nSPS) is 10.0. The number of nitro benzene ring substituents is 1. The Bertz CT molecular complexity index is 496. The number of benzene rings is 1. The van der Waals surface area contributed by atoms with Gasteiger partial charge in [0, 0.05) is 12.1 Å². The zero-order valence-electron chi connectivity index (χ0n) is 10.3. The lowest BCUT2D eigenvalue weighted by Crippen LogP contribution is -2.19. The number of unbranched alkanes of at least 4 members (excludes halogenated alkanes) is 1. The third-order valence-corrected chi connectivity index (χ3v) is 2.98. The van der Waals surface area contributed by atoms with E-state index in [2.05, 4.69) is 21.2 Å². The molecule has 6 nitrogen and oxygen atoms in total. The number of nitrogens with zero attached hydrogens (tertiary/aromatic N) is 1. The predicted octanol–water partition coefficient (Wildman–Crippen LogP) is 3.19. The monoisotopic (exact) mass is 347 g/mol. The molecule has 1 rings (SSSR count). The highest BCUT2D eigenvalue weighted by atomic mass is 79.9. The average Bonchev–Trinajstić information content (AvgIpc) is 2.32. The molecule has 1 aromatic rings. The van der Waals surface area contributed by atoms with Crippen LogP contribution in [0.2, 0.25) is 0 Å². The maximum Gasteiger partial charge on any atom is 0.294 e. The molecule has 0 unspecified atom stereocenters. The van der Waals surface area contributed by atoms with Gasteiger partial charge in [0.1, 0.15) is 11.4 Å². The summed E-state index contributed by atoms with van der Waals surface area (Å²) in [7, 11) is 0. The number of halogens is 1. The minimum absolute atomic E-state index is 0.0371. The molecule has 0 saturated carbocycles. The summed E-state index contributed by atoms with van der Waals surface area (Å²) in [5.41, 5.74) is 5.44. The zero-order valence-corrected chi connectivity index (χ0v) is 12.7. The summed E-state index contributed by atoms with van der Waals surface area (Å²) in [6.45, 7) is 2.59. The van der Waals surface area contributed by atoms with E-state index in [9.17, 15) is 10.1 Å². The number of nitrogens with two attached hydrogens (primary N) is 1. The second kappa shape index (κ2) is 7.25. The van der Waals surface area contributed by atoms with Crippen molar-refractivity contribution in [3.8, 4) is 5.75 Å². The summed E-state index contributed by atoms with van der Waals surface area (Å²) in [6.07, 6.45) is 1.91. The summed E-state index contributed by atoms with van der Waals surface area (Å²) >= 11 is 7.94. The Hall–Kier alpha value is -1.41. The van der Waals surface area contributed by atoms with Crippen LogP contribution in [0.15, 0.2) is 16.6 Å². The van der Waals surface area contributed by atoms with Crippen molar-refractivity contribution in [3.63, 3.8) is 0 Å². The van der Waals surface area contributed by atoms with Gasteiger partial charge in [0.15, 0.2) is 5.11 Å². The number of nitro groups is 1. The van der Waals surface area contributed by atoms with Crippen molar-refractivity contribution in [1.82, 2.24) is 0 Å². The van der Waals surface area contributed by atoms with Gasteiger partial charge in [-0.15, -0.1) is 0 Å². The second-order valence-electron chi connectivity index (χ2n) is 3.75. The molecule has 3 N–H and O–H groups in total. The van der Waals surface area contributed by atoms with Crippen molar-refractivity contribution < 1.29 is 9.66 Å². The topological polar surface area (TPSA) is 90.4 Å². The van der Waals surface area contributed by atoms with Crippen molar-refractivity contribution in [1.29, 1.82) is 0 Å². The third kappa shape index (κ3) is 4.64.